The van der Waals surface area contributed by atoms with E-state index in [1.807, 2.05) is 12.1 Å². The molecule has 1 heterocycles. The normalized spacial score (nSPS) is 15.1. The number of rotatable bonds is 5. The quantitative estimate of drug-likeness (QED) is 0.316. The highest BCUT2D eigenvalue weighted by Gasteiger charge is 2.34. The Morgan fingerprint density at radius 1 is 1.07 bits per heavy atom. The molecular formula is C20H17NO5S2. The molecule has 28 heavy (non-hydrogen) atoms. The molecule has 6 nitrogen and oxygen atoms in total. The van der Waals surface area contributed by atoms with Crippen LogP contribution in [0.4, 0.5) is 5.69 Å². The predicted molar refractivity (Wildman–Crippen MR) is 113 cm³/mol. The topological polar surface area (TPSA) is 65.1 Å². The van der Waals surface area contributed by atoms with Crippen molar-refractivity contribution in [1.29, 1.82) is 0 Å². The van der Waals surface area contributed by atoms with Crippen LogP contribution in [-0.2, 0) is 9.59 Å². The van der Waals surface area contributed by atoms with Crippen molar-refractivity contribution in [3.05, 3.63) is 52.9 Å². The van der Waals surface area contributed by atoms with E-state index >= 15 is 0 Å². The first-order valence-electron chi connectivity index (χ1n) is 8.22. The molecule has 2 aromatic rings. The number of thiocarbonyl (C=S) groups is 1. The van der Waals surface area contributed by atoms with Crippen LogP contribution in [-0.4, -0.2) is 30.4 Å². The standard InChI is InChI=1S/C20H17NO5S2/c1-12(22)26-16-9-8-13(10-17(16)25-3)11-18-19(23)21(20(27)28-18)14-6-4-5-7-15(14)24-2/h4-11H,1-3H3/b18-11-. The number of nitrogens with zero attached hydrogens (tertiary/aromatic N) is 1. The van der Waals surface area contributed by atoms with E-state index in [-0.39, 0.29) is 5.91 Å². The number of para-hydroxylation sites is 2. The molecule has 0 spiro atoms. The van der Waals surface area contributed by atoms with E-state index in [2.05, 4.69) is 0 Å². The van der Waals surface area contributed by atoms with Gasteiger partial charge in [0.1, 0.15) is 5.75 Å². The molecule has 0 aliphatic carbocycles. The number of amides is 1. The van der Waals surface area contributed by atoms with Crippen LogP contribution in [0.15, 0.2) is 47.4 Å². The molecule has 1 aliphatic heterocycles. The minimum Gasteiger partial charge on any atom is -0.495 e. The summed E-state index contributed by atoms with van der Waals surface area (Å²) >= 11 is 6.61. The Hall–Kier alpha value is -2.84. The number of carbonyl (C=O) groups is 2. The molecule has 0 radical (unpaired) electrons. The largest absolute Gasteiger partial charge is 0.495 e. The molecule has 1 saturated heterocycles. The monoisotopic (exact) mass is 415 g/mol. The summed E-state index contributed by atoms with van der Waals surface area (Å²) in [6, 6.07) is 12.2. The Morgan fingerprint density at radius 2 is 1.79 bits per heavy atom. The maximum Gasteiger partial charge on any atom is 0.308 e. The first-order valence-corrected chi connectivity index (χ1v) is 9.44. The van der Waals surface area contributed by atoms with Crippen LogP contribution in [0.3, 0.4) is 0 Å². The fraction of sp³-hybridized carbons (Fsp3) is 0.150. The third kappa shape index (κ3) is 4.02. The zero-order chi connectivity index (χ0) is 20.3. The predicted octanol–water partition coefficient (Wildman–Crippen LogP) is 4.03. The van der Waals surface area contributed by atoms with Crippen molar-refractivity contribution < 1.29 is 23.8 Å². The summed E-state index contributed by atoms with van der Waals surface area (Å²) in [6.07, 6.45) is 1.72. The molecule has 0 atom stereocenters. The fourth-order valence-corrected chi connectivity index (χ4v) is 3.94. The lowest BCUT2D eigenvalue weighted by Gasteiger charge is -2.17. The van der Waals surface area contributed by atoms with Gasteiger partial charge in [-0.15, -0.1) is 0 Å². The molecule has 0 aromatic heterocycles. The van der Waals surface area contributed by atoms with Gasteiger partial charge in [0.2, 0.25) is 0 Å². The summed E-state index contributed by atoms with van der Waals surface area (Å²) in [5.41, 5.74) is 1.31. The van der Waals surface area contributed by atoms with Gasteiger partial charge in [-0.2, -0.15) is 0 Å². The van der Waals surface area contributed by atoms with E-state index < -0.39 is 5.97 Å². The van der Waals surface area contributed by atoms with Crippen molar-refractivity contribution in [2.45, 2.75) is 6.92 Å². The van der Waals surface area contributed by atoms with Crippen molar-refractivity contribution in [1.82, 2.24) is 0 Å². The molecule has 0 N–H and O–H groups in total. The maximum atomic E-state index is 12.9. The summed E-state index contributed by atoms with van der Waals surface area (Å²) in [4.78, 5) is 26.1. The van der Waals surface area contributed by atoms with Crippen molar-refractivity contribution in [2.75, 3.05) is 19.1 Å². The third-order valence-electron chi connectivity index (χ3n) is 3.86. The van der Waals surface area contributed by atoms with Crippen LogP contribution in [0, 0.1) is 0 Å². The van der Waals surface area contributed by atoms with E-state index in [1.165, 1.54) is 30.7 Å². The van der Waals surface area contributed by atoms with Gasteiger partial charge in [-0.3, -0.25) is 14.5 Å². The summed E-state index contributed by atoms with van der Waals surface area (Å²) < 4.78 is 16.1. The van der Waals surface area contributed by atoms with Gasteiger partial charge in [0.05, 0.1) is 24.8 Å². The van der Waals surface area contributed by atoms with Gasteiger partial charge >= 0.3 is 5.97 Å². The summed E-state index contributed by atoms with van der Waals surface area (Å²) in [6.45, 7) is 1.32. The molecule has 3 rings (SSSR count). The fourth-order valence-electron chi connectivity index (χ4n) is 2.65. The van der Waals surface area contributed by atoms with Gasteiger partial charge in [0.15, 0.2) is 15.8 Å². The highest BCUT2D eigenvalue weighted by Crippen LogP contribution is 2.40. The minimum atomic E-state index is -0.441. The van der Waals surface area contributed by atoms with Gasteiger partial charge in [-0.25, -0.2) is 0 Å². The lowest BCUT2D eigenvalue weighted by molar-refractivity contribution is -0.132. The molecule has 2 aromatic carbocycles. The van der Waals surface area contributed by atoms with Crippen molar-refractivity contribution in [3.63, 3.8) is 0 Å². The molecule has 0 bridgehead atoms. The SMILES string of the molecule is COc1cc(/C=C2\SC(=S)N(c3ccccc3OC)C2=O)ccc1OC(C)=O. The molecule has 8 heteroatoms. The van der Waals surface area contributed by atoms with Crippen molar-refractivity contribution >= 4 is 51.9 Å². The number of hydrogen-bond acceptors (Lipinski definition) is 7. The number of thioether (sulfide) groups is 1. The van der Waals surface area contributed by atoms with Gasteiger partial charge in [0.25, 0.3) is 5.91 Å². The second-order valence-corrected chi connectivity index (χ2v) is 7.37. The van der Waals surface area contributed by atoms with E-state index in [4.69, 9.17) is 26.4 Å². The van der Waals surface area contributed by atoms with Gasteiger partial charge in [0, 0.05) is 6.92 Å². The first-order chi connectivity index (χ1) is 13.4. The van der Waals surface area contributed by atoms with Crippen LogP contribution in [0.2, 0.25) is 0 Å². The smallest absolute Gasteiger partial charge is 0.308 e. The first kappa shape index (κ1) is 19.9. The second-order valence-electron chi connectivity index (χ2n) is 5.69. The zero-order valence-corrected chi connectivity index (χ0v) is 17.1. The number of anilines is 1. The number of esters is 1. The highest BCUT2D eigenvalue weighted by atomic mass is 32.2. The van der Waals surface area contributed by atoms with E-state index in [9.17, 15) is 9.59 Å². The summed E-state index contributed by atoms with van der Waals surface area (Å²) in [5, 5.41) is 0. The number of methoxy groups -OCH3 is 2. The van der Waals surface area contributed by atoms with Crippen molar-refractivity contribution in [2.24, 2.45) is 0 Å². The Kier molecular flexibility index (Phi) is 6.01. The molecule has 0 saturated carbocycles. The zero-order valence-electron chi connectivity index (χ0n) is 15.4. The van der Waals surface area contributed by atoms with E-state index in [0.29, 0.717) is 37.7 Å². The molecule has 1 amide bonds. The summed E-state index contributed by atoms with van der Waals surface area (Å²) in [7, 11) is 3.02. The lowest BCUT2D eigenvalue weighted by Crippen LogP contribution is -2.27. The molecular weight excluding hydrogens is 398 g/mol. The molecule has 1 aliphatic rings. The van der Waals surface area contributed by atoms with Crippen LogP contribution in [0.1, 0.15) is 12.5 Å². The van der Waals surface area contributed by atoms with E-state index in [1.54, 1.807) is 43.5 Å². The minimum absolute atomic E-state index is 0.234. The Labute approximate surface area is 172 Å². The number of benzene rings is 2. The Balaban J connectivity index is 1.93. The number of ether oxygens (including phenoxy) is 3. The van der Waals surface area contributed by atoms with Crippen molar-refractivity contribution in [3.8, 4) is 17.2 Å². The van der Waals surface area contributed by atoms with E-state index in [0.717, 1.165) is 0 Å². The molecule has 144 valence electrons. The maximum absolute atomic E-state index is 12.9. The van der Waals surface area contributed by atoms with Gasteiger partial charge < -0.3 is 14.2 Å². The summed E-state index contributed by atoms with van der Waals surface area (Å²) in [5.74, 6) is 0.594. The average Bonchev–Trinajstić information content (AvgIpc) is 2.95. The van der Waals surface area contributed by atoms with Gasteiger partial charge in [-0.05, 0) is 35.9 Å². The average molecular weight is 415 g/mol. The third-order valence-corrected chi connectivity index (χ3v) is 5.16. The van der Waals surface area contributed by atoms with Gasteiger partial charge in [-0.1, -0.05) is 42.2 Å². The number of hydrogen-bond donors (Lipinski definition) is 0. The Morgan fingerprint density at radius 3 is 2.46 bits per heavy atom. The van der Waals surface area contributed by atoms with Crippen LogP contribution in [0.5, 0.6) is 17.2 Å². The van der Waals surface area contributed by atoms with Crippen LogP contribution in [0.25, 0.3) is 6.08 Å². The molecule has 0 unspecified atom stereocenters. The highest BCUT2D eigenvalue weighted by molar-refractivity contribution is 8.27. The van der Waals surface area contributed by atoms with Crippen LogP contribution < -0.4 is 19.1 Å². The Bertz CT molecular complexity index is 986. The second kappa shape index (κ2) is 8.45. The lowest BCUT2D eigenvalue weighted by atomic mass is 10.1. The van der Waals surface area contributed by atoms with Crippen LogP contribution >= 0.6 is 24.0 Å². The number of carbonyl (C=O) groups excluding carboxylic acids is 2. The molecule has 1 fully saturated rings.